The molecule has 0 aliphatic heterocycles. The van der Waals surface area contributed by atoms with Crippen LogP contribution in [0.4, 0.5) is 0 Å². The minimum atomic E-state index is -1.69. The zero-order chi connectivity index (χ0) is 10.4. The predicted octanol–water partition coefficient (Wildman–Crippen LogP) is 1.20. The van der Waals surface area contributed by atoms with E-state index in [0.29, 0.717) is 0 Å². The van der Waals surface area contributed by atoms with Crippen molar-refractivity contribution in [2.24, 2.45) is 0 Å². The summed E-state index contributed by atoms with van der Waals surface area (Å²) in [5.74, 6) is 0. The van der Waals surface area contributed by atoms with Crippen LogP contribution in [0.5, 0.6) is 0 Å². The van der Waals surface area contributed by atoms with Crippen molar-refractivity contribution in [2.45, 2.75) is 20.8 Å². The summed E-state index contributed by atoms with van der Waals surface area (Å²) in [6.07, 6.45) is 0. The van der Waals surface area contributed by atoms with Crippen LogP contribution in [0.1, 0.15) is 20.8 Å². The van der Waals surface area contributed by atoms with E-state index >= 15 is 0 Å². The molecule has 0 amide bonds. The van der Waals surface area contributed by atoms with Gasteiger partial charge < -0.3 is 0 Å². The maximum absolute atomic E-state index is 2.56. The first-order chi connectivity index (χ1) is 6.08. The standard InChI is InChI=1S/3C3H8N.Ta/c3*1-3-4-2;/h3*3H2,1-2H3;/q3*-1;+5. The van der Waals surface area contributed by atoms with Gasteiger partial charge in [0.25, 0.3) is 0 Å². The predicted molar refractivity (Wildman–Crippen MR) is 54.9 cm³/mol. The van der Waals surface area contributed by atoms with Crippen LogP contribution in [0.15, 0.2) is 0 Å². The third kappa shape index (κ3) is 4.11. The van der Waals surface area contributed by atoms with Crippen LogP contribution < -0.4 is 0 Å². The van der Waals surface area contributed by atoms with Crippen molar-refractivity contribution in [3.8, 4) is 0 Å². The fourth-order valence-corrected chi connectivity index (χ4v) is 9.51. The van der Waals surface area contributed by atoms with Gasteiger partial charge in [-0.15, -0.1) is 0 Å². The number of rotatable bonds is 6. The van der Waals surface area contributed by atoms with Crippen LogP contribution in [0.3, 0.4) is 0 Å². The second-order valence-electron chi connectivity index (χ2n) is 3.19. The Kier molecular flexibility index (Phi) is 7.32. The quantitative estimate of drug-likeness (QED) is 0.709. The van der Waals surface area contributed by atoms with E-state index in [1.165, 1.54) is 19.6 Å². The molecule has 0 rings (SSSR count). The molecule has 0 fully saturated rings. The summed E-state index contributed by atoms with van der Waals surface area (Å²) in [4.78, 5) is 0. The Morgan fingerprint density at radius 2 is 0.923 bits per heavy atom. The van der Waals surface area contributed by atoms with Crippen molar-refractivity contribution < 1.29 is 19.2 Å². The molecular formula is C9H24N3Ta+2. The molecule has 0 aromatic heterocycles. The molecule has 0 bridgehead atoms. The fraction of sp³-hybridized carbons (Fsp3) is 1.00. The molecule has 3 nitrogen and oxygen atoms in total. The van der Waals surface area contributed by atoms with E-state index in [-0.39, 0.29) is 0 Å². The average Bonchev–Trinajstić information content (AvgIpc) is 2.16. The summed E-state index contributed by atoms with van der Waals surface area (Å²) in [5.41, 5.74) is 0. The molecule has 0 radical (unpaired) electrons. The van der Waals surface area contributed by atoms with E-state index in [4.69, 9.17) is 0 Å². The van der Waals surface area contributed by atoms with E-state index in [0.717, 1.165) is 0 Å². The average molecular weight is 355 g/mol. The van der Waals surface area contributed by atoms with Crippen molar-refractivity contribution in [3.05, 3.63) is 0 Å². The van der Waals surface area contributed by atoms with Crippen molar-refractivity contribution in [1.29, 1.82) is 0 Å². The number of hydrogen-bond acceptors (Lipinski definition) is 3. The summed E-state index contributed by atoms with van der Waals surface area (Å²) in [6, 6.07) is 0. The summed E-state index contributed by atoms with van der Waals surface area (Å²) >= 11 is -1.69. The molecule has 0 aromatic carbocycles. The Hall–Kier alpha value is 0.620. The summed E-state index contributed by atoms with van der Waals surface area (Å²) in [5, 5.41) is 0. The third-order valence-corrected chi connectivity index (χ3v) is 11.9. The van der Waals surface area contributed by atoms with Crippen LogP contribution >= 0.6 is 0 Å². The number of nitrogens with zero attached hydrogens (tertiary/aromatic N) is 3. The van der Waals surface area contributed by atoms with Crippen molar-refractivity contribution in [3.63, 3.8) is 0 Å². The molecule has 0 aliphatic carbocycles. The fourth-order valence-electron chi connectivity index (χ4n) is 1.16. The Morgan fingerprint density at radius 3 is 1.08 bits per heavy atom. The minimum absolute atomic E-state index is 1.17. The monoisotopic (exact) mass is 355 g/mol. The molecule has 0 unspecified atom stereocenters. The molecule has 0 spiro atoms. The first kappa shape index (κ1) is 13.6. The van der Waals surface area contributed by atoms with Crippen LogP contribution in [0.25, 0.3) is 0 Å². The molecule has 0 atom stereocenters. The summed E-state index contributed by atoms with van der Waals surface area (Å²) < 4.78 is 7.67. The SMILES string of the molecule is CC[N](C)[Ta+2]([N](C)CC)[N](C)CC. The van der Waals surface area contributed by atoms with Gasteiger partial charge in [-0.3, -0.25) is 0 Å². The van der Waals surface area contributed by atoms with E-state index in [9.17, 15) is 0 Å². The summed E-state index contributed by atoms with van der Waals surface area (Å²) in [6.45, 7) is 10.3. The van der Waals surface area contributed by atoms with Gasteiger partial charge in [-0.2, -0.15) is 0 Å². The van der Waals surface area contributed by atoms with Crippen molar-refractivity contribution in [2.75, 3.05) is 40.8 Å². The van der Waals surface area contributed by atoms with Gasteiger partial charge in [0.2, 0.25) is 0 Å². The molecule has 0 saturated carbocycles. The molecule has 0 N–H and O–H groups in total. The van der Waals surface area contributed by atoms with Crippen LogP contribution in [-0.2, 0) is 19.2 Å². The molecule has 13 heavy (non-hydrogen) atoms. The van der Waals surface area contributed by atoms with E-state index < -0.39 is 19.2 Å². The normalized spacial score (nSPS) is 11.8. The molecular weight excluding hydrogens is 331 g/mol. The molecule has 0 saturated heterocycles. The molecule has 4 heteroatoms. The van der Waals surface area contributed by atoms with Gasteiger partial charge >= 0.3 is 90.7 Å². The molecule has 78 valence electrons. The molecule has 0 aromatic rings. The Labute approximate surface area is 90.8 Å². The van der Waals surface area contributed by atoms with Crippen LogP contribution in [-0.4, -0.2) is 50.7 Å². The van der Waals surface area contributed by atoms with Gasteiger partial charge in [0.1, 0.15) is 0 Å². The topological polar surface area (TPSA) is 9.72 Å². The van der Waals surface area contributed by atoms with Gasteiger partial charge in [0, 0.05) is 0 Å². The number of hydrogen-bond donors (Lipinski definition) is 0. The van der Waals surface area contributed by atoms with E-state index in [2.05, 4.69) is 51.8 Å². The summed E-state index contributed by atoms with van der Waals surface area (Å²) in [7, 11) is 6.78. The first-order valence-corrected chi connectivity index (χ1v) is 9.32. The van der Waals surface area contributed by atoms with Crippen molar-refractivity contribution in [1.82, 2.24) is 9.91 Å². The van der Waals surface area contributed by atoms with Gasteiger partial charge in [-0.25, -0.2) is 0 Å². The Balaban J connectivity index is 4.34. The third-order valence-electron chi connectivity index (χ3n) is 2.29. The van der Waals surface area contributed by atoms with Gasteiger partial charge in [-0.05, 0) is 0 Å². The van der Waals surface area contributed by atoms with Crippen LogP contribution in [0, 0.1) is 0 Å². The Morgan fingerprint density at radius 1 is 0.692 bits per heavy atom. The maximum atomic E-state index is 2.56. The second kappa shape index (κ2) is 6.98. The zero-order valence-electron chi connectivity index (χ0n) is 9.91. The second-order valence-corrected chi connectivity index (χ2v) is 12.5. The van der Waals surface area contributed by atoms with Gasteiger partial charge in [-0.1, -0.05) is 0 Å². The van der Waals surface area contributed by atoms with Gasteiger partial charge in [0.15, 0.2) is 0 Å². The van der Waals surface area contributed by atoms with Crippen LogP contribution in [0.2, 0.25) is 0 Å². The van der Waals surface area contributed by atoms with Gasteiger partial charge in [0.05, 0.1) is 0 Å². The van der Waals surface area contributed by atoms with E-state index in [1.807, 2.05) is 0 Å². The molecule has 0 heterocycles. The Bertz CT molecular complexity index is 108. The molecule has 0 aliphatic rings. The van der Waals surface area contributed by atoms with E-state index in [1.54, 1.807) is 0 Å². The van der Waals surface area contributed by atoms with Crippen molar-refractivity contribution >= 4 is 0 Å². The zero-order valence-corrected chi connectivity index (χ0v) is 13.1. The first-order valence-electron chi connectivity index (χ1n) is 5.01.